The van der Waals surface area contributed by atoms with Gasteiger partial charge in [0.2, 0.25) is 5.75 Å². The molecule has 0 amide bonds. The SMILES string of the molecule is COc1ccc(C2=C[C@H](CNO)CCc3c2cc(OC)c(OC)c3OC)cc1O. The average molecular weight is 401 g/mol. The molecule has 1 aliphatic carbocycles. The van der Waals surface area contributed by atoms with Crippen molar-refractivity contribution in [2.24, 2.45) is 5.92 Å². The van der Waals surface area contributed by atoms with Gasteiger partial charge in [-0.25, -0.2) is 5.48 Å². The lowest BCUT2D eigenvalue weighted by Crippen LogP contribution is -2.18. The van der Waals surface area contributed by atoms with E-state index in [-0.39, 0.29) is 11.7 Å². The number of hydrogen-bond donors (Lipinski definition) is 3. The molecule has 0 saturated heterocycles. The summed E-state index contributed by atoms with van der Waals surface area (Å²) in [5.41, 5.74) is 5.94. The Balaban J connectivity index is 2.26. The quantitative estimate of drug-likeness (QED) is 0.613. The molecule has 3 rings (SSSR count). The maximum absolute atomic E-state index is 10.3. The van der Waals surface area contributed by atoms with Gasteiger partial charge in [-0.2, -0.15) is 0 Å². The summed E-state index contributed by atoms with van der Waals surface area (Å²) in [6.45, 7) is 0.413. The molecule has 156 valence electrons. The highest BCUT2D eigenvalue weighted by Crippen LogP contribution is 2.47. The van der Waals surface area contributed by atoms with Crippen molar-refractivity contribution in [2.75, 3.05) is 35.0 Å². The molecule has 3 N–H and O–H groups in total. The van der Waals surface area contributed by atoms with Crippen LogP contribution in [0.5, 0.6) is 28.7 Å². The fourth-order valence-electron chi connectivity index (χ4n) is 3.83. The highest BCUT2D eigenvalue weighted by atomic mass is 16.5. The van der Waals surface area contributed by atoms with Gasteiger partial charge in [0.25, 0.3) is 0 Å². The summed E-state index contributed by atoms with van der Waals surface area (Å²) in [6.07, 6.45) is 3.63. The number of aromatic hydroxyl groups is 1. The standard InChI is InChI=1S/C22H27NO6/c1-26-19-8-6-14(10-18(19)24)16-9-13(12-23-25)5-7-15-17(16)11-20(27-2)22(29-4)21(15)28-3/h6,8-11,13,23-25H,5,7,12H2,1-4H3/t13-/m1/s1. The average Bonchev–Trinajstić information content (AvgIpc) is 2.92. The minimum Gasteiger partial charge on any atom is -0.504 e. The molecule has 0 aromatic heterocycles. The summed E-state index contributed by atoms with van der Waals surface area (Å²) in [5.74, 6) is 2.27. The van der Waals surface area contributed by atoms with Crippen LogP contribution in [0.15, 0.2) is 30.3 Å². The number of fused-ring (bicyclic) bond motifs is 1. The third kappa shape index (κ3) is 3.97. The first-order chi connectivity index (χ1) is 14.1. The topological polar surface area (TPSA) is 89.4 Å². The lowest BCUT2D eigenvalue weighted by Gasteiger charge is -2.20. The fraction of sp³-hybridized carbons (Fsp3) is 0.364. The number of nitrogens with one attached hydrogen (secondary N) is 1. The van der Waals surface area contributed by atoms with E-state index in [0.29, 0.717) is 29.5 Å². The zero-order valence-corrected chi connectivity index (χ0v) is 17.1. The van der Waals surface area contributed by atoms with Crippen LogP contribution in [0.1, 0.15) is 23.1 Å². The van der Waals surface area contributed by atoms with Crippen LogP contribution in [-0.2, 0) is 6.42 Å². The minimum atomic E-state index is 0.0565. The van der Waals surface area contributed by atoms with Crippen LogP contribution in [0.3, 0.4) is 0 Å². The molecule has 0 spiro atoms. The molecule has 7 heteroatoms. The van der Waals surface area contributed by atoms with Gasteiger partial charge in [-0.3, -0.25) is 0 Å². The van der Waals surface area contributed by atoms with Crippen LogP contribution in [0.2, 0.25) is 0 Å². The smallest absolute Gasteiger partial charge is 0.203 e. The van der Waals surface area contributed by atoms with E-state index >= 15 is 0 Å². The van der Waals surface area contributed by atoms with Crippen LogP contribution in [0.4, 0.5) is 0 Å². The Morgan fingerprint density at radius 3 is 2.28 bits per heavy atom. The Morgan fingerprint density at radius 2 is 1.69 bits per heavy atom. The molecule has 0 fully saturated rings. The van der Waals surface area contributed by atoms with Crippen molar-refractivity contribution in [3.8, 4) is 28.7 Å². The van der Waals surface area contributed by atoms with E-state index in [0.717, 1.165) is 35.1 Å². The van der Waals surface area contributed by atoms with Crippen LogP contribution in [0.25, 0.3) is 5.57 Å². The van der Waals surface area contributed by atoms with Crippen molar-refractivity contribution in [1.82, 2.24) is 5.48 Å². The summed E-state index contributed by atoms with van der Waals surface area (Å²) in [7, 11) is 6.29. The third-order valence-electron chi connectivity index (χ3n) is 5.23. The number of hydroxylamine groups is 1. The molecule has 29 heavy (non-hydrogen) atoms. The Hall–Kier alpha value is -2.90. The van der Waals surface area contributed by atoms with Gasteiger partial charge < -0.3 is 29.3 Å². The predicted molar refractivity (Wildman–Crippen MR) is 109 cm³/mol. The van der Waals surface area contributed by atoms with Gasteiger partial charge in [0.1, 0.15) is 0 Å². The van der Waals surface area contributed by atoms with Gasteiger partial charge in [-0.1, -0.05) is 12.1 Å². The lowest BCUT2D eigenvalue weighted by atomic mass is 9.92. The monoisotopic (exact) mass is 401 g/mol. The summed E-state index contributed by atoms with van der Waals surface area (Å²) in [5, 5.41) is 19.6. The highest BCUT2D eigenvalue weighted by Gasteiger charge is 2.26. The van der Waals surface area contributed by atoms with Gasteiger partial charge in [0, 0.05) is 12.1 Å². The highest BCUT2D eigenvalue weighted by molar-refractivity contribution is 5.86. The van der Waals surface area contributed by atoms with E-state index in [4.69, 9.17) is 18.9 Å². The van der Waals surface area contributed by atoms with Crippen LogP contribution in [-0.4, -0.2) is 45.3 Å². The number of rotatable bonds is 7. The largest absolute Gasteiger partial charge is 0.504 e. The molecular weight excluding hydrogens is 374 g/mol. The Morgan fingerprint density at radius 1 is 0.966 bits per heavy atom. The van der Waals surface area contributed by atoms with Gasteiger partial charge in [-0.05, 0) is 53.7 Å². The van der Waals surface area contributed by atoms with E-state index < -0.39 is 0 Å². The van der Waals surface area contributed by atoms with Crippen molar-refractivity contribution in [1.29, 1.82) is 0 Å². The van der Waals surface area contributed by atoms with Gasteiger partial charge in [-0.15, -0.1) is 0 Å². The van der Waals surface area contributed by atoms with Crippen LogP contribution >= 0.6 is 0 Å². The lowest BCUT2D eigenvalue weighted by molar-refractivity contribution is 0.154. The Labute approximate surface area is 170 Å². The molecule has 0 aliphatic heterocycles. The number of ether oxygens (including phenoxy) is 4. The molecular formula is C22H27NO6. The zero-order valence-electron chi connectivity index (χ0n) is 17.1. The van der Waals surface area contributed by atoms with Crippen molar-refractivity contribution < 1.29 is 29.3 Å². The summed E-state index contributed by atoms with van der Waals surface area (Å²) >= 11 is 0. The van der Waals surface area contributed by atoms with E-state index in [1.807, 2.05) is 12.1 Å². The maximum atomic E-state index is 10.3. The van der Waals surface area contributed by atoms with Crippen molar-refractivity contribution >= 4 is 5.57 Å². The van der Waals surface area contributed by atoms with Gasteiger partial charge in [0.05, 0.1) is 28.4 Å². The molecule has 1 atom stereocenters. The second kappa shape index (κ2) is 9.07. The first-order valence-corrected chi connectivity index (χ1v) is 9.36. The Bertz CT molecular complexity index is 909. The molecule has 0 radical (unpaired) electrons. The summed E-state index contributed by atoms with van der Waals surface area (Å²) in [4.78, 5) is 0. The minimum absolute atomic E-state index is 0.0565. The van der Waals surface area contributed by atoms with Gasteiger partial charge >= 0.3 is 0 Å². The maximum Gasteiger partial charge on any atom is 0.203 e. The molecule has 1 aliphatic rings. The van der Waals surface area contributed by atoms with Crippen molar-refractivity contribution in [3.63, 3.8) is 0 Å². The molecule has 0 heterocycles. The summed E-state index contributed by atoms with van der Waals surface area (Å²) < 4.78 is 22.0. The van der Waals surface area contributed by atoms with E-state index in [2.05, 4.69) is 11.6 Å². The van der Waals surface area contributed by atoms with E-state index in [1.165, 1.54) is 7.11 Å². The number of methoxy groups -OCH3 is 4. The second-order valence-electron chi connectivity index (χ2n) is 6.80. The van der Waals surface area contributed by atoms with Gasteiger partial charge in [0.15, 0.2) is 23.0 Å². The molecule has 0 bridgehead atoms. The van der Waals surface area contributed by atoms with E-state index in [9.17, 15) is 10.3 Å². The molecule has 0 unspecified atom stereocenters. The van der Waals surface area contributed by atoms with E-state index in [1.54, 1.807) is 33.5 Å². The molecule has 2 aromatic carbocycles. The fourth-order valence-corrected chi connectivity index (χ4v) is 3.83. The number of benzene rings is 2. The number of phenols is 1. The summed E-state index contributed by atoms with van der Waals surface area (Å²) in [6, 6.07) is 7.23. The van der Waals surface area contributed by atoms with Crippen LogP contribution < -0.4 is 24.4 Å². The number of hydrogen-bond acceptors (Lipinski definition) is 7. The Kier molecular flexibility index (Phi) is 6.51. The molecule has 7 nitrogen and oxygen atoms in total. The normalized spacial score (nSPS) is 15.8. The molecule has 2 aromatic rings. The number of phenolic OH excluding ortho intramolecular Hbond substituents is 1. The predicted octanol–water partition coefficient (Wildman–Crippen LogP) is 3.40. The molecule has 0 saturated carbocycles. The second-order valence-corrected chi connectivity index (χ2v) is 6.80. The first-order valence-electron chi connectivity index (χ1n) is 9.36. The zero-order chi connectivity index (χ0) is 21.0. The van der Waals surface area contributed by atoms with Crippen LogP contribution in [0, 0.1) is 5.92 Å². The van der Waals surface area contributed by atoms with Crippen molar-refractivity contribution in [2.45, 2.75) is 12.8 Å². The third-order valence-corrected chi connectivity index (χ3v) is 5.23. The van der Waals surface area contributed by atoms with Crippen molar-refractivity contribution in [3.05, 3.63) is 47.0 Å². The first kappa shape index (κ1) is 20.8.